The van der Waals surface area contributed by atoms with Gasteiger partial charge in [-0.05, 0) is 31.4 Å². The first-order valence-electron chi connectivity index (χ1n) is 5.97. The molecule has 1 N–H and O–H groups in total. The molecule has 1 aromatic carbocycles. The highest BCUT2D eigenvalue weighted by molar-refractivity contribution is 5.70. The monoisotopic (exact) mass is 235 g/mol. The molecule has 1 fully saturated rings. The predicted octanol–water partition coefficient (Wildman–Crippen LogP) is 2.34. The molecule has 4 nitrogen and oxygen atoms in total. The van der Waals surface area contributed by atoms with Crippen LogP contribution in [0.25, 0.3) is 0 Å². The summed E-state index contributed by atoms with van der Waals surface area (Å²) in [4.78, 5) is 11.5. The lowest BCUT2D eigenvalue weighted by molar-refractivity contribution is 0.0176. The van der Waals surface area contributed by atoms with Crippen molar-refractivity contribution in [3.8, 4) is 5.75 Å². The molecule has 92 valence electrons. The van der Waals surface area contributed by atoms with Crippen LogP contribution in [0.5, 0.6) is 5.75 Å². The number of carbonyl (C=O) groups excluding carboxylic acids is 1. The summed E-state index contributed by atoms with van der Waals surface area (Å²) in [5.41, 5.74) is 0. The Morgan fingerprint density at radius 1 is 1.35 bits per heavy atom. The minimum atomic E-state index is -0.426. The number of hydrogen-bond acceptors (Lipinski definition) is 3. The van der Waals surface area contributed by atoms with Crippen molar-refractivity contribution in [3.63, 3.8) is 0 Å². The fraction of sp³-hybridized carbons (Fsp3) is 0.462. The van der Waals surface area contributed by atoms with Crippen molar-refractivity contribution < 1.29 is 14.3 Å². The Bertz CT molecular complexity index is 347. The zero-order valence-corrected chi connectivity index (χ0v) is 9.72. The number of benzene rings is 1. The fourth-order valence-corrected chi connectivity index (χ4v) is 1.80. The lowest BCUT2D eigenvalue weighted by Gasteiger charge is -2.22. The van der Waals surface area contributed by atoms with Gasteiger partial charge >= 0.3 is 6.09 Å². The zero-order chi connectivity index (χ0) is 11.9. The Kier molecular flexibility index (Phi) is 4.38. The van der Waals surface area contributed by atoms with E-state index in [-0.39, 0.29) is 6.10 Å². The van der Waals surface area contributed by atoms with E-state index in [0.717, 1.165) is 19.4 Å². The maximum absolute atomic E-state index is 11.5. The quantitative estimate of drug-likeness (QED) is 0.874. The number of hydrogen-bond donors (Lipinski definition) is 1. The van der Waals surface area contributed by atoms with Crippen LogP contribution in [-0.4, -0.2) is 25.3 Å². The molecule has 0 spiro atoms. The second-order valence-corrected chi connectivity index (χ2v) is 4.07. The van der Waals surface area contributed by atoms with Crippen LogP contribution in [0, 0.1) is 0 Å². The molecule has 0 aromatic heterocycles. The molecule has 17 heavy (non-hydrogen) atoms. The van der Waals surface area contributed by atoms with E-state index in [2.05, 4.69) is 5.32 Å². The highest BCUT2D eigenvalue weighted by atomic mass is 16.6. The highest BCUT2D eigenvalue weighted by Gasteiger charge is 2.15. The second kappa shape index (κ2) is 6.25. The van der Waals surface area contributed by atoms with Gasteiger partial charge in [-0.25, -0.2) is 4.79 Å². The average Bonchev–Trinajstić information content (AvgIpc) is 2.39. The largest absolute Gasteiger partial charge is 0.412 e. The third kappa shape index (κ3) is 4.07. The van der Waals surface area contributed by atoms with Crippen LogP contribution in [-0.2, 0) is 4.74 Å². The molecule has 1 atom stereocenters. The first-order valence-corrected chi connectivity index (χ1v) is 5.97. The molecule has 1 heterocycles. The van der Waals surface area contributed by atoms with Gasteiger partial charge in [0.15, 0.2) is 0 Å². The van der Waals surface area contributed by atoms with Crippen molar-refractivity contribution in [3.05, 3.63) is 30.3 Å². The summed E-state index contributed by atoms with van der Waals surface area (Å²) in [6.45, 7) is 1.31. The Morgan fingerprint density at radius 3 is 2.88 bits per heavy atom. The van der Waals surface area contributed by atoms with Crippen LogP contribution >= 0.6 is 0 Å². The van der Waals surface area contributed by atoms with E-state index in [4.69, 9.17) is 9.47 Å². The number of carbonyl (C=O) groups is 1. The maximum Gasteiger partial charge on any atom is 0.412 e. The van der Waals surface area contributed by atoms with E-state index in [1.807, 2.05) is 18.2 Å². The van der Waals surface area contributed by atoms with Crippen LogP contribution in [0.2, 0.25) is 0 Å². The molecule has 4 heteroatoms. The van der Waals surface area contributed by atoms with E-state index >= 15 is 0 Å². The van der Waals surface area contributed by atoms with E-state index in [1.165, 1.54) is 6.42 Å². The van der Waals surface area contributed by atoms with Gasteiger partial charge in [-0.3, -0.25) is 0 Å². The summed E-state index contributed by atoms with van der Waals surface area (Å²) in [5.74, 6) is 0.551. The third-order valence-corrected chi connectivity index (χ3v) is 2.70. The van der Waals surface area contributed by atoms with Gasteiger partial charge in [-0.15, -0.1) is 0 Å². The summed E-state index contributed by atoms with van der Waals surface area (Å²) in [5, 5.41) is 2.71. The number of ether oxygens (including phenoxy) is 2. The number of para-hydroxylation sites is 1. The summed E-state index contributed by atoms with van der Waals surface area (Å²) < 4.78 is 10.6. The minimum Gasteiger partial charge on any atom is -0.410 e. The standard InChI is InChI=1S/C13H17NO3/c15-13(17-11-6-2-1-3-7-11)14-10-12-8-4-5-9-16-12/h1-3,6-7,12H,4-5,8-10H2,(H,14,15). The Hall–Kier alpha value is -1.55. The van der Waals surface area contributed by atoms with E-state index in [1.54, 1.807) is 12.1 Å². The molecule has 1 aliphatic rings. The van der Waals surface area contributed by atoms with Crippen LogP contribution in [0.15, 0.2) is 30.3 Å². The normalized spacial score (nSPS) is 19.6. The van der Waals surface area contributed by atoms with Crippen LogP contribution in [0.3, 0.4) is 0 Å². The third-order valence-electron chi connectivity index (χ3n) is 2.70. The first-order chi connectivity index (χ1) is 8.34. The van der Waals surface area contributed by atoms with Crippen LogP contribution < -0.4 is 10.1 Å². The fourth-order valence-electron chi connectivity index (χ4n) is 1.80. The topological polar surface area (TPSA) is 47.6 Å². The van der Waals surface area contributed by atoms with Crippen LogP contribution in [0.4, 0.5) is 4.79 Å². The Labute approximate surface area is 101 Å². The SMILES string of the molecule is O=C(NCC1CCCCO1)Oc1ccccc1. The van der Waals surface area contributed by atoms with Gasteiger partial charge < -0.3 is 14.8 Å². The lowest BCUT2D eigenvalue weighted by Crippen LogP contribution is -2.36. The van der Waals surface area contributed by atoms with Crippen molar-refractivity contribution in [1.82, 2.24) is 5.32 Å². The van der Waals surface area contributed by atoms with Crippen molar-refractivity contribution in [2.75, 3.05) is 13.2 Å². The first kappa shape index (κ1) is 11.9. The van der Waals surface area contributed by atoms with Crippen molar-refractivity contribution in [1.29, 1.82) is 0 Å². The molecule has 1 aliphatic heterocycles. The number of nitrogens with one attached hydrogen (secondary N) is 1. The van der Waals surface area contributed by atoms with Gasteiger partial charge in [0.05, 0.1) is 6.10 Å². The molecular formula is C13H17NO3. The average molecular weight is 235 g/mol. The molecule has 0 aliphatic carbocycles. The smallest absolute Gasteiger partial charge is 0.410 e. The van der Waals surface area contributed by atoms with Crippen molar-refractivity contribution >= 4 is 6.09 Å². The molecule has 1 amide bonds. The van der Waals surface area contributed by atoms with E-state index < -0.39 is 6.09 Å². The van der Waals surface area contributed by atoms with Crippen LogP contribution in [0.1, 0.15) is 19.3 Å². The Balaban J connectivity index is 1.70. The molecule has 1 saturated heterocycles. The zero-order valence-electron chi connectivity index (χ0n) is 9.72. The molecule has 1 unspecified atom stereocenters. The predicted molar refractivity (Wildman–Crippen MR) is 64.1 cm³/mol. The summed E-state index contributed by atoms with van der Waals surface area (Å²) in [6, 6.07) is 9.02. The summed E-state index contributed by atoms with van der Waals surface area (Å²) in [6.07, 6.45) is 2.99. The molecule has 1 aromatic rings. The van der Waals surface area contributed by atoms with Gasteiger partial charge in [-0.2, -0.15) is 0 Å². The van der Waals surface area contributed by atoms with E-state index in [0.29, 0.717) is 12.3 Å². The van der Waals surface area contributed by atoms with Gasteiger partial charge in [-0.1, -0.05) is 18.2 Å². The molecular weight excluding hydrogens is 218 g/mol. The summed E-state index contributed by atoms with van der Waals surface area (Å²) >= 11 is 0. The van der Waals surface area contributed by atoms with Gasteiger partial charge in [0.1, 0.15) is 5.75 Å². The van der Waals surface area contributed by atoms with Crippen molar-refractivity contribution in [2.24, 2.45) is 0 Å². The molecule has 0 saturated carbocycles. The molecule has 0 bridgehead atoms. The lowest BCUT2D eigenvalue weighted by atomic mass is 10.1. The maximum atomic E-state index is 11.5. The van der Waals surface area contributed by atoms with Crippen molar-refractivity contribution in [2.45, 2.75) is 25.4 Å². The summed E-state index contributed by atoms with van der Waals surface area (Å²) in [7, 11) is 0. The van der Waals surface area contributed by atoms with Gasteiger partial charge in [0, 0.05) is 13.2 Å². The highest BCUT2D eigenvalue weighted by Crippen LogP contribution is 2.12. The minimum absolute atomic E-state index is 0.132. The van der Waals surface area contributed by atoms with Gasteiger partial charge in [0.2, 0.25) is 0 Å². The second-order valence-electron chi connectivity index (χ2n) is 4.07. The number of amides is 1. The van der Waals surface area contributed by atoms with Gasteiger partial charge in [0.25, 0.3) is 0 Å². The molecule has 0 radical (unpaired) electrons. The molecule has 2 rings (SSSR count). The van der Waals surface area contributed by atoms with E-state index in [9.17, 15) is 4.79 Å². The number of rotatable bonds is 3. The Morgan fingerprint density at radius 2 is 2.18 bits per heavy atom.